The summed E-state index contributed by atoms with van der Waals surface area (Å²) in [5, 5.41) is 26.3. The maximum atomic E-state index is 10.4. The van der Waals surface area contributed by atoms with Crippen LogP contribution in [0.1, 0.15) is 19.7 Å². The van der Waals surface area contributed by atoms with E-state index < -0.39 is 11.6 Å². The lowest BCUT2D eigenvalue weighted by Crippen LogP contribution is -2.21. The van der Waals surface area contributed by atoms with Crippen LogP contribution in [0.25, 0.3) is 0 Å². The third-order valence-corrected chi connectivity index (χ3v) is 2.71. The molecule has 15 heavy (non-hydrogen) atoms. The number of aliphatic hydroxyl groups is 1. The summed E-state index contributed by atoms with van der Waals surface area (Å²) in [5.74, 6) is -0.569. The van der Waals surface area contributed by atoms with E-state index >= 15 is 0 Å². The van der Waals surface area contributed by atoms with Gasteiger partial charge in [0, 0.05) is 7.05 Å². The fourth-order valence-corrected chi connectivity index (χ4v) is 1.73. The predicted molar refractivity (Wildman–Crippen MR) is 54.6 cm³/mol. The molecule has 0 saturated carbocycles. The molecule has 0 radical (unpaired) electrons. The summed E-state index contributed by atoms with van der Waals surface area (Å²) < 4.78 is 1.59. The molecule has 0 atom stereocenters. The fourth-order valence-electron chi connectivity index (χ4n) is 1.10. The van der Waals surface area contributed by atoms with Crippen molar-refractivity contribution >= 4 is 17.7 Å². The molecule has 1 rings (SSSR count). The summed E-state index contributed by atoms with van der Waals surface area (Å²) in [6.07, 6.45) is 0. The molecule has 0 aliphatic carbocycles. The van der Waals surface area contributed by atoms with E-state index in [1.165, 1.54) is 0 Å². The summed E-state index contributed by atoms with van der Waals surface area (Å²) in [5.41, 5.74) is -1.08. The molecule has 6 nitrogen and oxygen atoms in total. The van der Waals surface area contributed by atoms with Gasteiger partial charge in [-0.3, -0.25) is 4.79 Å². The molecule has 0 aliphatic heterocycles. The summed E-state index contributed by atoms with van der Waals surface area (Å²) in [4.78, 5) is 10.4. The molecule has 0 bridgehead atoms. The normalized spacial score (nSPS) is 11.7. The van der Waals surface area contributed by atoms with Crippen LogP contribution >= 0.6 is 11.8 Å². The van der Waals surface area contributed by atoms with Crippen LogP contribution in [0.4, 0.5) is 0 Å². The average Bonchev–Trinajstić information content (AvgIpc) is 2.42. The van der Waals surface area contributed by atoms with Gasteiger partial charge in [0.1, 0.15) is 5.60 Å². The SMILES string of the molecule is Cn1c(SCC(=O)O)nnc1C(C)(C)O. The van der Waals surface area contributed by atoms with Crippen molar-refractivity contribution in [1.29, 1.82) is 0 Å². The lowest BCUT2D eigenvalue weighted by molar-refractivity contribution is -0.133. The maximum Gasteiger partial charge on any atom is 0.313 e. The first kappa shape index (κ1) is 12.0. The van der Waals surface area contributed by atoms with E-state index in [1.807, 2.05) is 0 Å². The molecule has 0 spiro atoms. The van der Waals surface area contributed by atoms with Crippen LogP contribution in [0.2, 0.25) is 0 Å². The lowest BCUT2D eigenvalue weighted by atomic mass is 10.1. The number of aliphatic carboxylic acids is 1. The molecule has 7 heteroatoms. The van der Waals surface area contributed by atoms with Gasteiger partial charge < -0.3 is 14.8 Å². The second-order valence-electron chi connectivity index (χ2n) is 3.61. The molecule has 1 heterocycles. The Hall–Kier alpha value is -1.08. The van der Waals surface area contributed by atoms with Crippen LogP contribution in [-0.4, -0.2) is 36.7 Å². The first-order chi connectivity index (χ1) is 6.82. The minimum Gasteiger partial charge on any atom is -0.481 e. The van der Waals surface area contributed by atoms with Gasteiger partial charge in [0.15, 0.2) is 11.0 Å². The molecule has 1 aromatic heterocycles. The highest BCUT2D eigenvalue weighted by Crippen LogP contribution is 2.22. The minimum absolute atomic E-state index is 0.0716. The number of aromatic nitrogens is 3. The Morgan fingerprint density at radius 1 is 1.53 bits per heavy atom. The standard InChI is InChI=1S/C8H13N3O3S/c1-8(2,14)6-9-10-7(11(6)3)15-4-5(12)13/h14H,4H2,1-3H3,(H,12,13). The van der Waals surface area contributed by atoms with E-state index in [1.54, 1.807) is 25.5 Å². The third-order valence-electron chi connectivity index (χ3n) is 1.71. The number of carboxylic acids is 1. The molecule has 0 saturated heterocycles. The third kappa shape index (κ3) is 2.93. The van der Waals surface area contributed by atoms with Gasteiger partial charge >= 0.3 is 5.97 Å². The van der Waals surface area contributed by atoms with Crippen LogP contribution in [-0.2, 0) is 17.4 Å². The number of thioether (sulfide) groups is 1. The molecule has 84 valence electrons. The Kier molecular flexibility index (Phi) is 3.35. The van der Waals surface area contributed by atoms with Crippen LogP contribution in [0.15, 0.2) is 5.16 Å². The zero-order chi connectivity index (χ0) is 11.6. The van der Waals surface area contributed by atoms with Crippen LogP contribution in [0.3, 0.4) is 0 Å². The van der Waals surface area contributed by atoms with Gasteiger partial charge in [-0.15, -0.1) is 10.2 Å². The van der Waals surface area contributed by atoms with Gasteiger partial charge in [-0.1, -0.05) is 11.8 Å². The quantitative estimate of drug-likeness (QED) is 0.721. The van der Waals surface area contributed by atoms with E-state index in [9.17, 15) is 9.90 Å². The minimum atomic E-state index is -1.08. The molecule has 0 aliphatic rings. The smallest absolute Gasteiger partial charge is 0.313 e. The second kappa shape index (κ2) is 4.19. The van der Waals surface area contributed by atoms with Crippen molar-refractivity contribution in [2.24, 2.45) is 7.05 Å². The Bertz CT molecular complexity index is 370. The van der Waals surface area contributed by atoms with E-state index in [0.29, 0.717) is 11.0 Å². The van der Waals surface area contributed by atoms with Gasteiger partial charge in [-0.05, 0) is 13.8 Å². The van der Waals surface area contributed by atoms with E-state index in [-0.39, 0.29) is 5.75 Å². The van der Waals surface area contributed by atoms with Gasteiger partial charge in [0.25, 0.3) is 0 Å². The monoisotopic (exact) mass is 231 g/mol. The van der Waals surface area contributed by atoms with Crippen molar-refractivity contribution in [2.45, 2.75) is 24.6 Å². The predicted octanol–water partition coefficient (Wildman–Crippen LogP) is 0.219. The highest BCUT2D eigenvalue weighted by atomic mass is 32.2. The van der Waals surface area contributed by atoms with Crippen LogP contribution < -0.4 is 0 Å². The van der Waals surface area contributed by atoms with E-state index in [0.717, 1.165) is 11.8 Å². The molecular formula is C8H13N3O3S. The highest BCUT2D eigenvalue weighted by molar-refractivity contribution is 7.99. The fraction of sp³-hybridized carbons (Fsp3) is 0.625. The summed E-state index contributed by atoms with van der Waals surface area (Å²) >= 11 is 1.07. The number of carbonyl (C=O) groups is 1. The van der Waals surface area contributed by atoms with Crippen molar-refractivity contribution < 1.29 is 15.0 Å². The first-order valence-corrected chi connectivity index (χ1v) is 5.27. The van der Waals surface area contributed by atoms with Crippen LogP contribution in [0.5, 0.6) is 0 Å². The Balaban J connectivity index is 2.85. The van der Waals surface area contributed by atoms with Gasteiger partial charge in [-0.2, -0.15) is 0 Å². The van der Waals surface area contributed by atoms with Gasteiger partial charge in [-0.25, -0.2) is 0 Å². The largest absolute Gasteiger partial charge is 0.481 e. The average molecular weight is 231 g/mol. The molecule has 0 amide bonds. The maximum absolute atomic E-state index is 10.4. The topological polar surface area (TPSA) is 88.2 Å². The van der Waals surface area contributed by atoms with Crippen LogP contribution in [0, 0.1) is 0 Å². The van der Waals surface area contributed by atoms with E-state index in [4.69, 9.17) is 5.11 Å². The highest BCUT2D eigenvalue weighted by Gasteiger charge is 2.24. The molecule has 0 unspecified atom stereocenters. The lowest BCUT2D eigenvalue weighted by Gasteiger charge is -2.15. The second-order valence-corrected chi connectivity index (χ2v) is 4.55. The van der Waals surface area contributed by atoms with Crippen molar-refractivity contribution in [2.75, 3.05) is 5.75 Å². The Morgan fingerprint density at radius 2 is 2.13 bits per heavy atom. The Morgan fingerprint density at radius 3 is 2.53 bits per heavy atom. The van der Waals surface area contributed by atoms with E-state index in [2.05, 4.69) is 10.2 Å². The van der Waals surface area contributed by atoms with Crippen molar-refractivity contribution in [3.8, 4) is 0 Å². The van der Waals surface area contributed by atoms with Crippen molar-refractivity contribution in [1.82, 2.24) is 14.8 Å². The molecule has 0 aromatic carbocycles. The number of rotatable bonds is 4. The summed E-state index contributed by atoms with van der Waals surface area (Å²) in [6, 6.07) is 0. The number of hydrogen-bond donors (Lipinski definition) is 2. The number of carboxylic acid groups (broad SMARTS) is 1. The molecule has 2 N–H and O–H groups in total. The molecule has 0 fully saturated rings. The number of hydrogen-bond acceptors (Lipinski definition) is 5. The number of nitrogens with zero attached hydrogens (tertiary/aromatic N) is 3. The van der Waals surface area contributed by atoms with Gasteiger partial charge in [0.2, 0.25) is 0 Å². The molecule has 1 aromatic rings. The van der Waals surface area contributed by atoms with Gasteiger partial charge in [0.05, 0.1) is 5.75 Å². The molecular weight excluding hydrogens is 218 g/mol. The summed E-state index contributed by atoms with van der Waals surface area (Å²) in [6.45, 7) is 3.20. The first-order valence-electron chi connectivity index (χ1n) is 4.29. The van der Waals surface area contributed by atoms with Crippen molar-refractivity contribution in [3.05, 3.63) is 5.82 Å². The summed E-state index contributed by atoms with van der Waals surface area (Å²) in [7, 11) is 1.69. The zero-order valence-electron chi connectivity index (χ0n) is 8.76. The Labute approximate surface area is 91.3 Å². The van der Waals surface area contributed by atoms with Crippen molar-refractivity contribution in [3.63, 3.8) is 0 Å². The zero-order valence-corrected chi connectivity index (χ0v) is 9.58.